The van der Waals surface area contributed by atoms with Crippen LogP contribution in [0.5, 0.6) is 11.5 Å². The third-order valence-corrected chi connectivity index (χ3v) is 5.54. The minimum absolute atomic E-state index is 0.240. The molecule has 0 fully saturated rings. The Kier molecular flexibility index (Phi) is 7.44. The van der Waals surface area contributed by atoms with Gasteiger partial charge in [0.1, 0.15) is 29.4 Å². The number of nitrogens with two attached hydrogens (primary N) is 1. The van der Waals surface area contributed by atoms with Crippen molar-refractivity contribution in [2.75, 3.05) is 10.6 Å². The van der Waals surface area contributed by atoms with Gasteiger partial charge in [-0.3, -0.25) is 10.3 Å². The third kappa shape index (κ3) is 6.42. The van der Waals surface area contributed by atoms with Crippen LogP contribution in [0.15, 0.2) is 66.9 Å². The zero-order valence-corrected chi connectivity index (χ0v) is 21.1. The first kappa shape index (κ1) is 26.1. The second kappa shape index (κ2) is 10.6. The minimum Gasteiger partial charge on any atom is -0.456 e. The van der Waals surface area contributed by atoms with Gasteiger partial charge in [-0.1, -0.05) is 38.4 Å². The normalized spacial score (nSPS) is 12.2. The number of ether oxygens (including phenoxy) is 1. The van der Waals surface area contributed by atoms with Crippen LogP contribution in [-0.4, -0.2) is 25.9 Å². The summed E-state index contributed by atoms with van der Waals surface area (Å²) in [4.78, 5) is 16.8. The molecule has 0 saturated carbocycles. The fourth-order valence-corrected chi connectivity index (χ4v) is 3.58. The molecule has 1 unspecified atom stereocenters. The van der Waals surface area contributed by atoms with Crippen LogP contribution in [0.4, 0.5) is 20.7 Å². The number of urea groups is 1. The molecule has 37 heavy (non-hydrogen) atoms. The van der Waals surface area contributed by atoms with E-state index in [1.807, 2.05) is 20.8 Å². The summed E-state index contributed by atoms with van der Waals surface area (Å²) in [5.74, 6) is 0.667. The number of benzene rings is 2. The predicted molar refractivity (Wildman–Crippen MR) is 140 cm³/mol. The molecule has 0 bridgehead atoms. The first-order chi connectivity index (χ1) is 17.5. The Hall–Kier alpha value is -3.99. The third-order valence-electron chi connectivity index (χ3n) is 5.25. The first-order valence-corrected chi connectivity index (χ1v) is 11.7. The van der Waals surface area contributed by atoms with Crippen LogP contribution in [0.2, 0.25) is 5.02 Å². The van der Waals surface area contributed by atoms with E-state index in [2.05, 4.69) is 20.7 Å². The number of nitrogens with one attached hydrogen (secondary N) is 2. The highest BCUT2D eigenvalue weighted by molar-refractivity contribution is 6.32. The van der Waals surface area contributed by atoms with Crippen LogP contribution in [-0.2, 0) is 5.41 Å². The largest absolute Gasteiger partial charge is 0.456 e. The topological polar surface area (TPSA) is 127 Å². The van der Waals surface area contributed by atoms with Gasteiger partial charge in [-0.2, -0.15) is 5.10 Å². The molecule has 2 heterocycles. The number of aliphatic hydroxyl groups excluding tert-OH is 1. The number of hydrogen-bond acceptors (Lipinski definition) is 6. The van der Waals surface area contributed by atoms with E-state index in [0.29, 0.717) is 28.7 Å². The maximum Gasteiger partial charge on any atom is 0.324 e. The summed E-state index contributed by atoms with van der Waals surface area (Å²) < 4.78 is 21.1. The Balaban J connectivity index is 1.51. The molecule has 9 nitrogen and oxygen atoms in total. The zero-order valence-electron chi connectivity index (χ0n) is 20.4. The molecule has 11 heteroatoms. The van der Waals surface area contributed by atoms with Crippen LogP contribution in [0.1, 0.15) is 38.4 Å². The van der Waals surface area contributed by atoms with Crippen molar-refractivity contribution in [3.8, 4) is 17.2 Å². The van der Waals surface area contributed by atoms with Crippen molar-refractivity contribution >= 4 is 29.1 Å². The van der Waals surface area contributed by atoms with Gasteiger partial charge < -0.3 is 20.9 Å². The van der Waals surface area contributed by atoms with Gasteiger partial charge >= 0.3 is 6.03 Å². The van der Waals surface area contributed by atoms with E-state index in [1.54, 1.807) is 36.4 Å². The van der Waals surface area contributed by atoms with E-state index in [0.717, 1.165) is 5.69 Å². The van der Waals surface area contributed by atoms with Gasteiger partial charge in [0, 0.05) is 29.4 Å². The molecular weight excluding hydrogens is 499 g/mol. The van der Waals surface area contributed by atoms with Crippen molar-refractivity contribution in [1.29, 1.82) is 0 Å². The Morgan fingerprint density at radius 1 is 1.14 bits per heavy atom. The van der Waals surface area contributed by atoms with Gasteiger partial charge in [0.25, 0.3) is 0 Å². The van der Waals surface area contributed by atoms with E-state index < -0.39 is 18.1 Å². The number of pyridine rings is 1. The van der Waals surface area contributed by atoms with Crippen molar-refractivity contribution < 1.29 is 19.0 Å². The maximum atomic E-state index is 13.9. The number of rotatable bonds is 6. The molecule has 5 N–H and O–H groups in total. The van der Waals surface area contributed by atoms with Crippen molar-refractivity contribution in [2.45, 2.75) is 32.4 Å². The molecule has 0 aliphatic carbocycles. The highest BCUT2D eigenvalue weighted by Gasteiger charge is 2.22. The van der Waals surface area contributed by atoms with Crippen LogP contribution in [0.25, 0.3) is 5.69 Å². The fourth-order valence-electron chi connectivity index (χ4n) is 3.36. The lowest BCUT2D eigenvalue weighted by atomic mass is 9.92. The van der Waals surface area contributed by atoms with Crippen LogP contribution >= 0.6 is 11.6 Å². The van der Waals surface area contributed by atoms with Crippen molar-refractivity contribution in [1.82, 2.24) is 14.8 Å². The minimum atomic E-state index is -1.24. The zero-order chi connectivity index (χ0) is 26.7. The lowest BCUT2D eigenvalue weighted by Crippen LogP contribution is -2.21. The smallest absolute Gasteiger partial charge is 0.324 e. The van der Waals surface area contributed by atoms with Gasteiger partial charge in [-0.25, -0.2) is 13.9 Å². The standard InChI is InChI=1S/C26H26ClFN6O3/c1-26(2,3)22-14-23(34(33-22)17-6-4-5-15(28)11-17)32-25(36)31-16-7-8-21(19(27)12-16)37-18-9-10-30-20(13-18)24(29)35/h4-14,24,35H,29H2,1-3H3,(H2,31,32,36). The van der Waals surface area contributed by atoms with E-state index in [4.69, 9.17) is 22.1 Å². The number of nitrogens with zero attached hydrogens (tertiary/aromatic N) is 3. The Morgan fingerprint density at radius 2 is 1.92 bits per heavy atom. The fraction of sp³-hybridized carbons (Fsp3) is 0.192. The first-order valence-electron chi connectivity index (χ1n) is 11.3. The molecular formula is C26H26ClFN6O3. The summed E-state index contributed by atoms with van der Waals surface area (Å²) in [5, 5.41) is 19.8. The Labute approximate surface area is 218 Å². The average Bonchev–Trinajstić information content (AvgIpc) is 3.25. The number of halogens is 2. The summed E-state index contributed by atoms with van der Waals surface area (Å²) >= 11 is 6.36. The lowest BCUT2D eigenvalue weighted by Gasteiger charge is -2.14. The lowest BCUT2D eigenvalue weighted by molar-refractivity contribution is 0.181. The number of amides is 2. The molecule has 192 valence electrons. The van der Waals surface area contributed by atoms with Crippen LogP contribution < -0.4 is 21.1 Å². The molecule has 0 spiro atoms. The van der Waals surface area contributed by atoms with E-state index >= 15 is 0 Å². The molecule has 0 aliphatic rings. The second-order valence-corrected chi connectivity index (χ2v) is 9.65. The Morgan fingerprint density at radius 3 is 2.59 bits per heavy atom. The molecule has 2 aromatic carbocycles. The predicted octanol–water partition coefficient (Wildman–Crippen LogP) is 5.74. The van der Waals surface area contributed by atoms with E-state index in [-0.39, 0.29) is 16.1 Å². The molecule has 2 amide bonds. The van der Waals surface area contributed by atoms with E-state index in [9.17, 15) is 14.3 Å². The molecule has 1 atom stereocenters. The van der Waals surface area contributed by atoms with Crippen LogP contribution in [0.3, 0.4) is 0 Å². The summed E-state index contributed by atoms with van der Waals surface area (Å²) in [6, 6.07) is 15.0. The van der Waals surface area contributed by atoms with Crippen molar-refractivity contribution in [3.05, 3.63) is 89.1 Å². The maximum absolute atomic E-state index is 13.9. The number of hydrogen-bond donors (Lipinski definition) is 4. The number of anilines is 2. The molecule has 0 aliphatic heterocycles. The van der Waals surface area contributed by atoms with Gasteiger partial charge in [0.05, 0.1) is 22.1 Å². The second-order valence-electron chi connectivity index (χ2n) is 9.24. The molecule has 0 saturated heterocycles. The quantitative estimate of drug-likeness (QED) is 0.238. The summed E-state index contributed by atoms with van der Waals surface area (Å²) in [6.45, 7) is 5.98. The van der Waals surface area contributed by atoms with Crippen molar-refractivity contribution in [2.24, 2.45) is 5.73 Å². The molecule has 4 aromatic rings. The van der Waals surface area contributed by atoms with Crippen molar-refractivity contribution in [3.63, 3.8) is 0 Å². The van der Waals surface area contributed by atoms with Gasteiger partial charge in [0.2, 0.25) is 0 Å². The summed E-state index contributed by atoms with van der Waals surface area (Å²) in [7, 11) is 0. The molecule has 0 radical (unpaired) electrons. The summed E-state index contributed by atoms with van der Waals surface area (Å²) in [5.41, 5.74) is 6.99. The Bertz CT molecular complexity index is 1430. The van der Waals surface area contributed by atoms with Gasteiger partial charge in [-0.15, -0.1) is 0 Å². The average molecular weight is 525 g/mol. The summed E-state index contributed by atoms with van der Waals surface area (Å²) in [6.07, 6.45) is 0.218. The van der Waals surface area contributed by atoms with Gasteiger partial charge in [0.15, 0.2) is 0 Å². The number of carbonyl (C=O) groups is 1. The van der Waals surface area contributed by atoms with E-state index in [1.165, 1.54) is 35.1 Å². The number of aliphatic hydroxyl groups is 1. The number of aromatic nitrogens is 3. The molecule has 2 aromatic heterocycles. The number of carbonyl (C=O) groups excluding carboxylic acids is 1. The highest BCUT2D eigenvalue weighted by Crippen LogP contribution is 2.32. The monoisotopic (exact) mass is 524 g/mol. The molecule has 4 rings (SSSR count). The highest BCUT2D eigenvalue weighted by atomic mass is 35.5. The van der Waals surface area contributed by atoms with Gasteiger partial charge in [-0.05, 0) is 42.5 Å². The SMILES string of the molecule is CC(C)(C)c1cc(NC(=O)Nc2ccc(Oc3ccnc(C(N)O)c3)c(Cl)c2)n(-c2cccc(F)c2)n1. The van der Waals surface area contributed by atoms with Crippen LogP contribution in [0, 0.1) is 5.82 Å².